The van der Waals surface area contributed by atoms with E-state index in [0.29, 0.717) is 11.3 Å². The fraction of sp³-hybridized carbons (Fsp3) is 0. The van der Waals surface area contributed by atoms with Gasteiger partial charge in [-0.25, -0.2) is 8.78 Å². The van der Waals surface area contributed by atoms with Crippen molar-refractivity contribution in [1.82, 2.24) is 4.98 Å². The fourth-order valence-electron chi connectivity index (χ4n) is 2.09. The third-order valence-corrected chi connectivity index (χ3v) is 3.06. The number of hydrogen-bond acceptors (Lipinski definition) is 2. The predicted octanol–water partition coefficient (Wildman–Crippen LogP) is 3.18. The summed E-state index contributed by atoms with van der Waals surface area (Å²) >= 11 is 0. The van der Waals surface area contributed by atoms with Crippen LogP contribution in [0.4, 0.5) is 8.78 Å². The van der Waals surface area contributed by atoms with E-state index in [-0.39, 0.29) is 16.7 Å². The van der Waals surface area contributed by atoms with Crippen molar-refractivity contribution in [3.05, 3.63) is 64.3 Å². The molecule has 0 spiro atoms. The average molecular weight is 273 g/mol. The number of aromatic amines is 1. The Bertz CT molecular complexity index is 854. The van der Waals surface area contributed by atoms with Crippen LogP contribution < -0.4 is 5.43 Å². The standard InChI is InChI=1S/C15H9F2NO2/c16-10-5-6-11(17)15-14(10)13(20)7-12(18-15)8-1-3-9(19)4-2-8/h1-7,19H,(H,18,20). The molecule has 1 aromatic heterocycles. The summed E-state index contributed by atoms with van der Waals surface area (Å²) in [5.74, 6) is -1.38. The van der Waals surface area contributed by atoms with Crippen LogP contribution in [0.1, 0.15) is 0 Å². The summed E-state index contributed by atoms with van der Waals surface area (Å²) in [6, 6.07) is 9.13. The Labute approximate surface area is 112 Å². The highest BCUT2D eigenvalue weighted by molar-refractivity contribution is 5.82. The average Bonchev–Trinajstić information content (AvgIpc) is 2.43. The molecule has 0 unspecified atom stereocenters. The van der Waals surface area contributed by atoms with Gasteiger partial charge in [-0.15, -0.1) is 0 Å². The van der Waals surface area contributed by atoms with Gasteiger partial charge in [-0.3, -0.25) is 4.79 Å². The van der Waals surface area contributed by atoms with Crippen LogP contribution in [0.15, 0.2) is 47.3 Å². The van der Waals surface area contributed by atoms with Gasteiger partial charge in [0.05, 0.1) is 10.9 Å². The highest BCUT2D eigenvalue weighted by Gasteiger charge is 2.12. The number of benzene rings is 2. The smallest absolute Gasteiger partial charge is 0.193 e. The summed E-state index contributed by atoms with van der Waals surface area (Å²) in [5.41, 5.74) is 0.178. The summed E-state index contributed by atoms with van der Waals surface area (Å²) in [6.45, 7) is 0. The van der Waals surface area contributed by atoms with Gasteiger partial charge in [-0.1, -0.05) is 0 Å². The van der Waals surface area contributed by atoms with E-state index in [1.165, 1.54) is 18.2 Å². The number of phenolic OH excluding ortho intramolecular Hbond substituents is 1. The molecule has 3 rings (SSSR count). The van der Waals surface area contributed by atoms with Gasteiger partial charge in [-0.2, -0.15) is 0 Å². The van der Waals surface area contributed by atoms with Gasteiger partial charge in [0.2, 0.25) is 0 Å². The highest BCUT2D eigenvalue weighted by atomic mass is 19.1. The van der Waals surface area contributed by atoms with Crippen LogP contribution in [0.3, 0.4) is 0 Å². The first kappa shape index (κ1) is 12.3. The molecule has 100 valence electrons. The maximum atomic E-state index is 13.7. The lowest BCUT2D eigenvalue weighted by atomic mass is 10.1. The number of hydrogen-bond donors (Lipinski definition) is 2. The van der Waals surface area contributed by atoms with Crippen LogP contribution in [-0.4, -0.2) is 10.1 Å². The van der Waals surface area contributed by atoms with Crippen LogP contribution in [0.2, 0.25) is 0 Å². The van der Waals surface area contributed by atoms with E-state index >= 15 is 0 Å². The second-order valence-electron chi connectivity index (χ2n) is 4.37. The Kier molecular flexibility index (Phi) is 2.75. The summed E-state index contributed by atoms with van der Waals surface area (Å²) < 4.78 is 27.3. The molecule has 1 heterocycles. The van der Waals surface area contributed by atoms with Gasteiger partial charge in [0.15, 0.2) is 5.43 Å². The molecule has 0 saturated carbocycles. The third kappa shape index (κ3) is 1.93. The zero-order chi connectivity index (χ0) is 14.3. The SMILES string of the molecule is O=c1cc(-c2ccc(O)cc2)[nH]c2c(F)ccc(F)c12. The zero-order valence-electron chi connectivity index (χ0n) is 10.2. The summed E-state index contributed by atoms with van der Waals surface area (Å²) in [4.78, 5) is 14.7. The van der Waals surface area contributed by atoms with Gasteiger partial charge in [0.1, 0.15) is 17.4 Å². The zero-order valence-corrected chi connectivity index (χ0v) is 10.2. The topological polar surface area (TPSA) is 53.1 Å². The van der Waals surface area contributed by atoms with Crippen molar-refractivity contribution in [2.24, 2.45) is 0 Å². The van der Waals surface area contributed by atoms with Crippen LogP contribution >= 0.6 is 0 Å². The molecule has 0 bridgehead atoms. The number of halogens is 2. The molecule has 0 amide bonds. The van der Waals surface area contributed by atoms with Gasteiger partial charge >= 0.3 is 0 Å². The molecule has 0 radical (unpaired) electrons. The number of nitrogens with one attached hydrogen (secondary N) is 1. The van der Waals surface area contributed by atoms with Crippen molar-refractivity contribution in [2.45, 2.75) is 0 Å². The van der Waals surface area contributed by atoms with Crippen LogP contribution in [0, 0.1) is 11.6 Å². The Hall–Kier alpha value is -2.69. The molecule has 0 aliphatic rings. The maximum Gasteiger partial charge on any atom is 0.193 e. The van der Waals surface area contributed by atoms with Crippen molar-refractivity contribution >= 4 is 10.9 Å². The minimum Gasteiger partial charge on any atom is -0.508 e. The number of aromatic nitrogens is 1. The number of phenols is 1. The first-order valence-electron chi connectivity index (χ1n) is 5.87. The molecule has 2 aromatic carbocycles. The monoisotopic (exact) mass is 273 g/mol. The molecule has 0 saturated heterocycles. The summed E-state index contributed by atoms with van der Waals surface area (Å²) in [7, 11) is 0. The van der Waals surface area contributed by atoms with E-state index in [1.54, 1.807) is 12.1 Å². The molecule has 20 heavy (non-hydrogen) atoms. The van der Waals surface area contributed by atoms with Crippen molar-refractivity contribution in [3.8, 4) is 17.0 Å². The normalized spacial score (nSPS) is 10.9. The number of rotatable bonds is 1. The second-order valence-corrected chi connectivity index (χ2v) is 4.37. The number of fused-ring (bicyclic) bond motifs is 1. The lowest BCUT2D eigenvalue weighted by Gasteiger charge is -2.06. The molecule has 0 aliphatic heterocycles. The molecule has 0 fully saturated rings. The van der Waals surface area contributed by atoms with Crippen molar-refractivity contribution in [3.63, 3.8) is 0 Å². The van der Waals surface area contributed by atoms with E-state index in [1.807, 2.05) is 0 Å². The van der Waals surface area contributed by atoms with Crippen molar-refractivity contribution in [1.29, 1.82) is 0 Å². The fourth-order valence-corrected chi connectivity index (χ4v) is 2.09. The van der Waals surface area contributed by atoms with Gasteiger partial charge in [0, 0.05) is 11.8 Å². The maximum absolute atomic E-state index is 13.7. The van der Waals surface area contributed by atoms with Crippen molar-refractivity contribution < 1.29 is 13.9 Å². The molecule has 3 nitrogen and oxygen atoms in total. The lowest BCUT2D eigenvalue weighted by molar-refractivity contribution is 0.475. The van der Waals surface area contributed by atoms with Crippen LogP contribution in [-0.2, 0) is 0 Å². The van der Waals surface area contributed by atoms with Gasteiger partial charge < -0.3 is 10.1 Å². The number of pyridine rings is 1. The van der Waals surface area contributed by atoms with E-state index < -0.39 is 17.1 Å². The minimum absolute atomic E-state index is 0.0779. The number of H-pyrrole nitrogens is 1. The Morgan fingerprint density at radius 1 is 0.950 bits per heavy atom. The van der Waals surface area contributed by atoms with E-state index in [9.17, 15) is 18.7 Å². The molecule has 5 heteroatoms. The van der Waals surface area contributed by atoms with Crippen molar-refractivity contribution in [2.75, 3.05) is 0 Å². The van der Waals surface area contributed by atoms with Gasteiger partial charge in [0.25, 0.3) is 0 Å². The quantitative estimate of drug-likeness (QED) is 0.715. The first-order chi connectivity index (χ1) is 9.56. The number of aromatic hydroxyl groups is 1. The Balaban J connectivity index is 2.32. The predicted molar refractivity (Wildman–Crippen MR) is 71.6 cm³/mol. The Morgan fingerprint density at radius 2 is 1.60 bits per heavy atom. The van der Waals surface area contributed by atoms with E-state index in [0.717, 1.165) is 12.1 Å². The Morgan fingerprint density at radius 3 is 2.30 bits per heavy atom. The van der Waals surface area contributed by atoms with Gasteiger partial charge in [-0.05, 0) is 42.0 Å². The molecule has 2 N–H and O–H groups in total. The minimum atomic E-state index is -0.764. The highest BCUT2D eigenvalue weighted by Crippen LogP contribution is 2.23. The van der Waals surface area contributed by atoms with Crippen LogP contribution in [0.5, 0.6) is 5.75 Å². The summed E-state index contributed by atoms with van der Waals surface area (Å²) in [5, 5.41) is 8.93. The second kappa shape index (κ2) is 4.45. The summed E-state index contributed by atoms with van der Waals surface area (Å²) in [6.07, 6.45) is 0. The van der Waals surface area contributed by atoms with E-state index in [4.69, 9.17) is 0 Å². The lowest BCUT2D eigenvalue weighted by Crippen LogP contribution is -2.06. The molecule has 0 aliphatic carbocycles. The molecule has 0 atom stereocenters. The third-order valence-electron chi connectivity index (χ3n) is 3.06. The van der Waals surface area contributed by atoms with E-state index in [2.05, 4.69) is 4.98 Å². The molecule has 3 aromatic rings. The first-order valence-corrected chi connectivity index (χ1v) is 5.87. The molecular weight excluding hydrogens is 264 g/mol. The molecular formula is C15H9F2NO2. The van der Waals surface area contributed by atoms with Crippen LogP contribution in [0.25, 0.3) is 22.2 Å². The largest absolute Gasteiger partial charge is 0.508 e.